The first-order chi connectivity index (χ1) is 12.8. The van der Waals surface area contributed by atoms with Crippen LogP contribution in [0.3, 0.4) is 0 Å². The summed E-state index contributed by atoms with van der Waals surface area (Å²) in [4.78, 5) is 23.7. The molecule has 1 fully saturated rings. The standard InChI is InChI=1S/C19H20O8/c1-2-9-26-19(18(24)25)10-14(21)17(23)15(11-19)27-16(22)8-5-12-3-6-13(20)7-4-12/h1,3-8,14-15,17,20-21,23H,9-11H2,(H,24,25)/b8-5+/t14-,15-,17-,19+/m1/s1. The third-order valence-electron chi connectivity index (χ3n) is 4.24. The van der Waals surface area contributed by atoms with Gasteiger partial charge < -0.3 is 29.9 Å². The van der Waals surface area contributed by atoms with E-state index in [4.69, 9.17) is 15.9 Å². The summed E-state index contributed by atoms with van der Waals surface area (Å²) in [5.74, 6) is 0.0207. The average molecular weight is 376 g/mol. The first-order valence-corrected chi connectivity index (χ1v) is 8.12. The number of hydrogen-bond donors (Lipinski definition) is 4. The number of esters is 1. The molecule has 144 valence electrons. The van der Waals surface area contributed by atoms with E-state index in [0.29, 0.717) is 5.56 Å². The van der Waals surface area contributed by atoms with Crippen LogP contribution >= 0.6 is 0 Å². The second kappa shape index (κ2) is 8.68. The Morgan fingerprint density at radius 2 is 1.93 bits per heavy atom. The lowest BCUT2D eigenvalue weighted by Gasteiger charge is -2.41. The first-order valence-electron chi connectivity index (χ1n) is 8.12. The number of hydrogen-bond acceptors (Lipinski definition) is 7. The number of carbonyl (C=O) groups excluding carboxylic acids is 1. The summed E-state index contributed by atoms with van der Waals surface area (Å²) in [6.45, 7) is -0.309. The van der Waals surface area contributed by atoms with Crippen LogP contribution < -0.4 is 0 Å². The molecule has 2 rings (SSSR count). The van der Waals surface area contributed by atoms with Crippen molar-refractivity contribution in [2.24, 2.45) is 0 Å². The van der Waals surface area contributed by atoms with E-state index >= 15 is 0 Å². The molecule has 27 heavy (non-hydrogen) atoms. The zero-order chi connectivity index (χ0) is 20.0. The zero-order valence-corrected chi connectivity index (χ0v) is 14.3. The van der Waals surface area contributed by atoms with Crippen LogP contribution in [0.25, 0.3) is 6.08 Å². The van der Waals surface area contributed by atoms with Crippen molar-refractivity contribution >= 4 is 18.0 Å². The number of benzene rings is 1. The minimum absolute atomic E-state index is 0.0750. The number of terminal acetylenes is 1. The van der Waals surface area contributed by atoms with Crippen LogP contribution in [0, 0.1) is 12.3 Å². The van der Waals surface area contributed by atoms with Gasteiger partial charge in [0.1, 0.15) is 24.6 Å². The van der Waals surface area contributed by atoms with Crippen molar-refractivity contribution in [2.75, 3.05) is 6.61 Å². The molecule has 0 spiro atoms. The van der Waals surface area contributed by atoms with E-state index in [9.17, 15) is 30.0 Å². The van der Waals surface area contributed by atoms with Gasteiger partial charge in [-0.05, 0) is 23.8 Å². The van der Waals surface area contributed by atoms with E-state index in [1.807, 2.05) is 0 Å². The lowest BCUT2D eigenvalue weighted by Crippen LogP contribution is -2.58. The van der Waals surface area contributed by atoms with Crippen molar-refractivity contribution in [1.82, 2.24) is 0 Å². The summed E-state index contributed by atoms with van der Waals surface area (Å²) in [6.07, 6.45) is 2.64. The van der Waals surface area contributed by atoms with Crippen molar-refractivity contribution in [1.29, 1.82) is 0 Å². The Labute approximate surface area is 155 Å². The Balaban J connectivity index is 2.10. The number of rotatable bonds is 6. The molecule has 0 saturated heterocycles. The number of aliphatic carboxylic acids is 1. The number of phenols is 1. The molecule has 4 atom stereocenters. The number of ether oxygens (including phenoxy) is 2. The molecule has 0 aliphatic heterocycles. The molecule has 0 amide bonds. The average Bonchev–Trinajstić information content (AvgIpc) is 2.63. The predicted octanol–water partition coefficient (Wildman–Crippen LogP) is 0.306. The predicted molar refractivity (Wildman–Crippen MR) is 93.4 cm³/mol. The van der Waals surface area contributed by atoms with E-state index in [2.05, 4.69) is 5.92 Å². The monoisotopic (exact) mass is 376 g/mol. The molecule has 1 saturated carbocycles. The number of carboxylic acids is 1. The van der Waals surface area contributed by atoms with Gasteiger partial charge >= 0.3 is 11.9 Å². The number of aromatic hydroxyl groups is 1. The van der Waals surface area contributed by atoms with Gasteiger partial charge in [0.25, 0.3) is 0 Å². The van der Waals surface area contributed by atoms with Crippen molar-refractivity contribution < 1.29 is 39.5 Å². The Morgan fingerprint density at radius 3 is 2.52 bits per heavy atom. The maximum Gasteiger partial charge on any atom is 0.336 e. The van der Waals surface area contributed by atoms with E-state index in [1.165, 1.54) is 18.2 Å². The van der Waals surface area contributed by atoms with E-state index in [-0.39, 0.29) is 25.2 Å². The molecule has 4 N–H and O–H groups in total. The van der Waals surface area contributed by atoms with Gasteiger partial charge in [-0.25, -0.2) is 9.59 Å². The smallest absolute Gasteiger partial charge is 0.336 e. The quantitative estimate of drug-likeness (QED) is 0.317. The Kier molecular flexibility index (Phi) is 6.58. The molecule has 1 aromatic rings. The Bertz CT molecular complexity index is 748. The molecule has 1 aliphatic carbocycles. The molecule has 1 aromatic carbocycles. The fraction of sp³-hybridized carbons (Fsp3) is 0.368. The first kappa shape index (κ1) is 20.5. The molecule has 8 heteroatoms. The van der Waals surface area contributed by atoms with Crippen molar-refractivity contribution in [3.63, 3.8) is 0 Å². The van der Waals surface area contributed by atoms with Crippen molar-refractivity contribution in [3.8, 4) is 18.1 Å². The SMILES string of the molecule is C#CCO[C@@]1(C(=O)O)C[C@@H](O)[C@@H](O)[C@H](OC(=O)/C=C/c2ccc(O)cc2)C1. The molecule has 0 unspecified atom stereocenters. The highest BCUT2D eigenvalue weighted by atomic mass is 16.6. The minimum Gasteiger partial charge on any atom is -0.508 e. The molecular formula is C19H20O8. The highest BCUT2D eigenvalue weighted by Gasteiger charge is 2.52. The van der Waals surface area contributed by atoms with Crippen molar-refractivity contribution in [2.45, 2.75) is 36.8 Å². The van der Waals surface area contributed by atoms with Gasteiger partial charge in [0.15, 0.2) is 5.60 Å². The number of aliphatic hydroxyl groups excluding tert-OH is 2. The van der Waals surface area contributed by atoms with Crippen LogP contribution in [-0.2, 0) is 19.1 Å². The van der Waals surface area contributed by atoms with Crippen molar-refractivity contribution in [3.05, 3.63) is 35.9 Å². The van der Waals surface area contributed by atoms with E-state index in [0.717, 1.165) is 6.08 Å². The van der Waals surface area contributed by atoms with Crippen LogP contribution in [0.1, 0.15) is 18.4 Å². The second-order valence-electron chi connectivity index (χ2n) is 6.16. The Hall–Kier alpha value is -2.86. The summed E-state index contributed by atoms with van der Waals surface area (Å²) in [5.41, 5.74) is -1.25. The fourth-order valence-electron chi connectivity index (χ4n) is 2.82. The van der Waals surface area contributed by atoms with Crippen LogP contribution in [0.5, 0.6) is 5.75 Å². The highest BCUT2D eigenvalue weighted by Crippen LogP contribution is 2.34. The van der Waals surface area contributed by atoms with Gasteiger partial charge in [-0.1, -0.05) is 18.1 Å². The normalized spacial score (nSPS) is 27.8. The molecule has 1 aliphatic rings. The third kappa shape index (κ3) is 5.08. The molecular weight excluding hydrogens is 356 g/mol. The topological polar surface area (TPSA) is 134 Å². The molecule has 0 bridgehead atoms. The van der Waals surface area contributed by atoms with Gasteiger partial charge in [-0.2, -0.15) is 0 Å². The lowest BCUT2D eigenvalue weighted by atomic mass is 9.79. The van der Waals surface area contributed by atoms with E-state index in [1.54, 1.807) is 12.1 Å². The maximum absolute atomic E-state index is 12.0. The minimum atomic E-state index is -1.86. The summed E-state index contributed by atoms with van der Waals surface area (Å²) in [7, 11) is 0. The fourth-order valence-corrected chi connectivity index (χ4v) is 2.82. The number of phenolic OH excluding ortho intramolecular Hbond substituents is 1. The van der Waals surface area contributed by atoms with Crippen LogP contribution in [0.2, 0.25) is 0 Å². The van der Waals surface area contributed by atoms with Gasteiger partial charge in [0, 0.05) is 18.9 Å². The molecule has 8 nitrogen and oxygen atoms in total. The zero-order valence-electron chi connectivity index (χ0n) is 14.3. The summed E-state index contributed by atoms with van der Waals surface area (Å²) in [5, 5.41) is 38.8. The summed E-state index contributed by atoms with van der Waals surface area (Å²) >= 11 is 0. The molecule has 0 heterocycles. The van der Waals surface area contributed by atoms with Crippen LogP contribution in [0.4, 0.5) is 0 Å². The summed E-state index contributed by atoms with van der Waals surface area (Å²) in [6, 6.07) is 6.02. The summed E-state index contributed by atoms with van der Waals surface area (Å²) < 4.78 is 10.3. The van der Waals surface area contributed by atoms with Gasteiger partial charge in [0.05, 0.1) is 6.10 Å². The largest absolute Gasteiger partial charge is 0.508 e. The van der Waals surface area contributed by atoms with Gasteiger partial charge in [-0.15, -0.1) is 6.42 Å². The Morgan fingerprint density at radius 1 is 1.26 bits per heavy atom. The number of carboxylic acid groups (broad SMARTS) is 1. The van der Waals surface area contributed by atoms with Crippen LogP contribution in [-0.4, -0.2) is 62.9 Å². The molecule has 0 aromatic heterocycles. The number of aliphatic hydroxyl groups is 2. The lowest BCUT2D eigenvalue weighted by molar-refractivity contribution is -0.204. The molecule has 0 radical (unpaired) electrons. The van der Waals surface area contributed by atoms with E-state index < -0.39 is 35.9 Å². The second-order valence-corrected chi connectivity index (χ2v) is 6.16. The van der Waals surface area contributed by atoms with Crippen LogP contribution in [0.15, 0.2) is 30.3 Å². The van der Waals surface area contributed by atoms with Gasteiger partial charge in [-0.3, -0.25) is 0 Å². The van der Waals surface area contributed by atoms with Gasteiger partial charge in [0.2, 0.25) is 0 Å². The highest BCUT2D eigenvalue weighted by molar-refractivity contribution is 5.87. The number of carbonyl (C=O) groups is 2. The third-order valence-corrected chi connectivity index (χ3v) is 4.24. The maximum atomic E-state index is 12.0.